The molecule has 2 saturated heterocycles. The number of nitrogens with zero attached hydrogens (tertiary/aromatic N) is 2. The van der Waals surface area contributed by atoms with Gasteiger partial charge in [-0.25, -0.2) is 0 Å². The number of benzene rings is 1. The highest BCUT2D eigenvalue weighted by Crippen LogP contribution is 2.36. The lowest BCUT2D eigenvalue weighted by Crippen LogP contribution is -2.56. The maximum atomic E-state index is 12.9. The number of hydrogen-bond acceptors (Lipinski definition) is 5. The van der Waals surface area contributed by atoms with Crippen LogP contribution in [0.3, 0.4) is 0 Å². The van der Waals surface area contributed by atoms with E-state index in [1.165, 1.54) is 0 Å². The fourth-order valence-corrected chi connectivity index (χ4v) is 5.52. The molecule has 5 rings (SSSR count). The van der Waals surface area contributed by atoms with Gasteiger partial charge in [0.1, 0.15) is 0 Å². The van der Waals surface area contributed by atoms with Gasteiger partial charge in [-0.05, 0) is 55.5 Å². The lowest BCUT2D eigenvalue weighted by Gasteiger charge is -2.47. The number of hydrogen-bond donors (Lipinski definition) is 0. The lowest BCUT2D eigenvalue weighted by molar-refractivity contribution is -0.141. The minimum absolute atomic E-state index is 0.126. The summed E-state index contributed by atoms with van der Waals surface area (Å²) in [5, 5.41) is 0. The van der Waals surface area contributed by atoms with E-state index in [9.17, 15) is 9.59 Å². The van der Waals surface area contributed by atoms with Crippen LogP contribution in [0.5, 0.6) is 11.5 Å². The van der Waals surface area contributed by atoms with E-state index in [2.05, 4.69) is 0 Å². The molecule has 0 N–H and O–H groups in total. The van der Waals surface area contributed by atoms with Gasteiger partial charge in [-0.1, -0.05) is 6.07 Å². The molecular weight excluding hydrogens is 388 g/mol. The highest BCUT2D eigenvalue weighted by atomic mass is 32.1. The number of rotatable bonds is 3. The first kappa shape index (κ1) is 18.5. The number of fused-ring (bicyclic) bond motifs is 2. The van der Waals surface area contributed by atoms with Crippen LogP contribution in [0.15, 0.2) is 30.3 Å². The van der Waals surface area contributed by atoms with Crippen molar-refractivity contribution >= 4 is 23.2 Å². The standard InChI is InChI=1S/C22H24N2O4S/c1-14-2-6-20(29-14)22(26)23-9-8-17-16(12-23)4-7-21(25)24(17)11-15-3-5-18-19(10-15)28-13-27-18/h2-3,5-6,10,16-17H,4,7-9,11-13H2,1H3/t16-,17+/m1/s1. The summed E-state index contributed by atoms with van der Waals surface area (Å²) in [5.41, 5.74) is 1.05. The van der Waals surface area contributed by atoms with E-state index in [1.54, 1.807) is 11.3 Å². The van der Waals surface area contributed by atoms with E-state index >= 15 is 0 Å². The Hall–Kier alpha value is -2.54. The summed E-state index contributed by atoms with van der Waals surface area (Å²) in [6.45, 7) is 4.27. The third-order valence-electron chi connectivity index (χ3n) is 6.17. The van der Waals surface area contributed by atoms with Gasteiger partial charge in [0, 0.05) is 37.0 Å². The molecule has 0 aliphatic carbocycles. The molecule has 4 heterocycles. The van der Waals surface area contributed by atoms with Gasteiger partial charge in [-0.3, -0.25) is 9.59 Å². The van der Waals surface area contributed by atoms with Gasteiger partial charge in [-0.2, -0.15) is 0 Å². The number of carbonyl (C=O) groups excluding carboxylic acids is 2. The minimum Gasteiger partial charge on any atom is -0.454 e. The van der Waals surface area contributed by atoms with Crippen molar-refractivity contribution in [2.24, 2.45) is 5.92 Å². The van der Waals surface area contributed by atoms with Gasteiger partial charge >= 0.3 is 0 Å². The van der Waals surface area contributed by atoms with Crippen molar-refractivity contribution in [1.29, 1.82) is 0 Å². The zero-order valence-corrected chi connectivity index (χ0v) is 17.2. The monoisotopic (exact) mass is 412 g/mol. The fourth-order valence-electron chi connectivity index (χ4n) is 4.68. The molecule has 152 valence electrons. The second kappa shape index (κ2) is 7.37. The highest BCUT2D eigenvalue weighted by Gasteiger charge is 2.40. The molecule has 0 spiro atoms. The number of likely N-dealkylation sites (tertiary alicyclic amines) is 2. The second-order valence-electron chi connectivity index (χ2n) is 8.03. The Morgan fingerprint density at radius 3 is 2.86 bits per heavy atom. The topological polar surface area (TPSA) is 59.1 Å². The van der Waals surface area contributed by atoms with Crippen LogP contribution in [0.25, 0.3) is 0 Å². The van der Waals surface area contributed by atoms with Crippen molar-refractivity contribution < 1.29 is 19.1 Å². The minimum atomic E-state index is 0.126. The zero-order chi connectivity index (χ0) is 20.0. The Morgan fingerprint density at radius 2 is 2.03 bits per heavy atom. The summed E-state index contributed by atoms with van der Waals surface area (Å²) < 4.78 is 10.9. The van der Waals surface area contributed by atoms with Crippen molar-refractivity contribution in [3.63, 3.8) is 0 Å². The number of aryl methyl sites for hydroxylation is 1. The fraction of sp³-hybridized carbons (Fsp3) is 0.455. The maximum absolute atomic E-state index is 12.9. The molecule has 1 aromatic carbocycles. The van der Waals surface area contributed by atoms with Crippen LogP contribution in [0.1, 0.15) is 39.4 Å². The molecule has 3 aliphatic rings. The van der Waals surface area contributed by atoms with Crippen molar-refractivity contribution in [3.05, 3.63) is 45.6 Å². The normalized spacial score (nSPS) is 23.3. The summed E-state index contributed by atoms with van der Waals surface area (Å²) in [6, 6.07) is 9.99. The lowest BCUT2D eigenvalue weighted by atomic mass is 9.83. The Balaban J connectivity index is 1.30. The molecule has 0 radical (unpaired) electrons. The molecule has 6 nitrogen and oxygen atoms in total. The Bertz CT molecular complexity index is 956. The van der Waals surface area contributed by atoms with Crippen LogP contribution in [-0.4, -0.2) is 47.5 Å². The molecule has 2 amide bonds. The number of piperidine rings is 2. The molecule has 3 aliphatic heterocycles. The number of amides is 2. The Labute approximate surface area is 174 Å². The summed E-state index contributed by atoms with van der Waals surface area (Å²) >= 11 is 1.55. The molecule has 0 unspecified atom stereocenters. The van der Waals surface area contributed by atoms with Gasteiger partial charge in [0.25, 0.3) is 5.91 Å². The van der Waals surface area contributed by atoms with Gasteiger partial charge in [0.2, 0.25) is 12.7 Å². The van der Waals surface area contributed by atoms with Crippen LogP contribution >= 0.6 is 11.3 Å². The highest BCUT2D eigenvalue weighted by molar-refractivity contribution is 7.13. The largest absolute Gasteiger partial charge is 0.454 e. The summed E-state index contributed by atoms with van der Waals surface area (Å²) in [5.74, 6) is 2.17. The number of carbonyl (C=O) groups is 2. The first-order valence-electron chi connectivity index (χ1n) is 10.1. The van der Waals surface area contributed by atoms with E-state index in [1.807, 2.05) is 47.1 Å². The zero-order valence-electron chi connectivity index (χ0n) is 16.4. The van der Waals surface area contributed by atoms with Crippen LogP contribution in [0, 0.1) is 12.8 Å². The van der Waals surface area contributed by atoms with Crippen LogP contribution in [0.2, 0.25) is 0 Å². The second-order valence-corrected chi connectivity index (χ2v) is 9.31. The van der Waals surface area contributed by atoms with Gasteiger partial charge in [0.15, 0.2) is 11.5 Å². The SMILES string of the molecule is Cc1ccc(C(=O)N2CC[C@H]3[C@H](CCC(=O)N3Cc3ccc4c(c3)OCO4)C2)s1. The van der Waals surface area contributed by atoms with Gasteiger partial charge in [-0.15, -0.1) is 11.3 Å². The molecule has 0 saturated carbocycles. The van der Waals surface area contributed by atoms with Crippen LogP contribution in [-0.2, 0) is 11.3 Å². The predicted molar refractivity (Wildman–Crippen MR) is 109 cm³/mol. The van der Waals surface area contributed by atoms with Crippen molar-refractivity contribution in [2.75, 3.05) is 19.9 Å². The average Bonchev–Trinajstić information content (AvgIpc) is 3.37. The molecule has 0 bridgehead atoms. The Morgan fingerprint density at radius 1 is 1.17 bits per heavy atom. The van der Waals surface area contributed by atoms with Crippen molar-refractivity contribution in [1.82, 2.24) is 9.80 Å². The average molecular weight is 413 g/mol. The first-order chi connectivity index (χ1) is 14.1. The molecule has 2 aromatic rings. The number of ether oxygens (including phenoxy) is 2. The molecule has 2 atom stereocenters. The molecular formula is C22H24N2O4S. The molecule has 7 heteroatoms. The van der Waals surface area contributed by atoms with Crippen LogP contribution < -0.4 is 9.47 Å². The van der Waals surface area contributed by atoms with E-state index in [4.69, 9.17) is 9.47 Å². The van der Waals surface area contributed by atoms with E-state index in [0.29, 0.717) is 25.4 Å². The van der Waals surface area contributed by atoms with Crippen molar-refractivity contribution in [2.45, 2.75) is 38.8 Å². The third kappa shape index (κ3) is 3.48. The maximum Gasteiger partial charge on any atom is 0.263 e. The number of thiophene rings is 1. The molecule has 29 heavy (non-hydrogen) atoms. The smallest absolute Gasteiger partial charge is 0.263 e. The molecule has 1 aromatic heterocycles. The van der Waals surface area contributed by atoms with Gasteiger partial charge in [0.05, 0.1) is 4.88 Å². The summed E-state index contributed by atoms with van der Waals surface area (Å²) in [4.78, 5) is 31.5. The third-order valence-corrected chi connectivity index (χ3v) is 7.16. The van der Waals surface area contributed by atoms with E-state index in [-0.39, 0.29) is 24.6 Å². The van der Waals surface area contributed by atoms with Crippen molar-refractivity contribution in [3.8, 4) is 11.5 Å². The quantitative estimate of drug-likeness (QED) is 0.775. The molecule has 2 fully saturated rings. The predicted octanol–water partition coefficient (Wildman–Crippen LogP) is 3.44. The summed E-state index contributed by atoms with van der Waals surface area (Å²) in [6.07, 6.45) is 2.23. The van der Waals surface area contributed by atoms with Gasteiger partial charge < -0.3 is 19.3 Å². The Kier molecular flexibility index (Phi) is 4.70. The van der Waals surface area contributed by atoms with E-state index < -0.39 is 0 Å². The summed E-state index contributed by atoms with van der Waals surface area (Å²) in [7, 11) is 0. The van der Waals surface area contributed by atoms with E-state index in [0.717, 1.165) is 46.2 Å². The first-order valence-corrected chi connectivity index (χ1v) is 10.9. The van der Waals surface area contributed by atoms with Crippen LogP contribution in [0.4, 0.5) is 0 Å².